The quantitative estimate of drug-likeness (QED) is 0.547. The van der Waals surface area contributed by atoms with Crippen LogP contribution in [0.15, 0.2) is 77.7 Å². The van der Waals surface area contributed by atoms with E-state index in [1.165, 1.54) is 52.8 Å². The van der Waals surface area contributed by atoms with Gasteiger partial charge in [-0.3, -0.25) is 4.79 Å². The fourth-order valence-electron chi connectivity index (χ4n) is 3.67. The molecule has 0 radical (unpaired) electrons. The summed E-state index contributed by atoms with van der Waals surface area (Å²) in [5.41, 5.74) is 2.12. The zero-order valence-corrected chi connectivity index (χ0v) is 18.7. The lowest BCUT2D eigenvalue weighted by molar-refractivity contribution is -0.153. The molecule has 0 unspecified atom stereocenters. The van der Waals surface area contributed by atoms with Gasteiger partial charge in [-0.1, -0.05) is 42.5 Å². The number of carbonyl (C=O) groups is 1. The van der Waals surface area contributed by atoms with Crippen LogP contribution in [0.5, 0.6) is 5.75 Å². The molecule has 0 fully saturated rings. The summed E-state index contributed by atoms with van der Waals surface area (Å²) in [6, 6.07) is 18.9. The summed E-state index contributed by atoms with van der Waals surface area (Å²) in [7, 11) is -3.86. The smallest absolute Gasteiger partial charge is 0.422 e. The SMILES string of the molecule is O=C(Nc1ccccc1OCC(F)(F)F)c1cccc(S(=O)(=O)N2CCc3ccccc3C2)c1. The van der Waals surface area contributed by atoms with Gasteiger partial charge in [0, 0.05) is 18.7 Å². The van der Waals surface area contributed by atoms with Gasteiger partial charge >= 0.3 is 6.18 Å². The number of benzene rings is 3. The predicted molar refractivity (Wildman–Crippen MR) is 120 cm³/mol. The Kier molecular flexibility index (Phi) is 6.63. The van der Waals surface area contributed by atoms with Crippen LogP contribution in [-0.4, -0.2) is 38.0 Å². The number of ether oxygens (including phenoxy) is 1. The summed E-state index contributed by atoms with van der Waals surface area (Å²) >= 11 is 0. The zero-order valence-electron chi connectivity index (χ0n) is 17.9. The number of hydrogen-bond donors (Lipinski definition) is 1. The number of nitrogens with zero attached hydrogens (tertiary/aromatic N) is 1. The maximum absolute atomic E-state index is 13.2. The lowest BCUT2D eigenvalue weighted by atomic mass is 10.0. The lowest BCUT2D eigenvalue weighted by Gasteiger charge is -2.28. The number of rotatable bonds is 6. The Morgan fingerprint density at radius 3 is 2.44 bits per heavy atom. The van der Waals surface area contributed by atoms with Crippen molar-refractivity contribution in [1.29, 1.82) is 0 Å². The van der Waals surface area contributed by atoms with Gasteiger partial charge in [0.15, 0.2) is 6.61 Å². The Balaban J connectivity index is 1.53. The predicted octanol–water partition coefficient (Wildman–Crippen LogP) is 4.63. The molecular weight excluding hydrogens is 469 g/mol. The van der Waals surface area contributed by atoms with Crippen molar-refractivity contribution in [2.75, 3.05) is 18.5 Å². The van der Waals surface area contributed by atoms with Crippen LogP contribution < -0.4 is 10.1 Å². The maximum atomic E-state index is 13.2. The standard InChI is InChI=1S/C24H21F3N2O4S/c25-24(26,27)16-33-22-11-4-3-10-21(22)28-23(30)18-8-5-9-20(14-18)34(31,32)29-13-12-17-6-1-2-7-19(17)15-29/h1-11,14H,12-13,15-16H2,(H,28,30). The van der Waals surface area contributed by atoms with E-state index < -0.39 is 28.7 Å². The molecule has 1 N–H and O–H groups in total. The fourth-order valence-corrected chi connectivity index (χ4v) is 5.14. The normalized spacial score (nSPS) is 14.3. The summed E-state index contributed by atoms with van der Waals surface area (Å²) in [5, 5.41) is 2.49. The van der Waals surface area contributed by atoms with E-state index in [2.05, 4.69) is 5.32 Å². The van der Waals surface area contributed by atoms with Crippen LogP contribution in [0.3, 0.4) is 0 Å². The van der Waals surface area contributed by atoms with Crippen LogP contribution in [0, 0.1) is 0 Å². The molecule has 0 saturated heterocycles. The second-order valence-corrected chi connectivity index (χ2v) is 9.68. The van der Waals surface area contributed by atoms with Crippen molar-refractivity contribution in [3.8, 4) is 5.75 Å². The van der Waals surface area contributed by atoms with Gasteiger partial charge in [-0.2, -0.15) is 17.5 Å². The highest BCUT2D eigenvalue weighted by Crippen LogP contribution is 2.28. The van der Waals surface area contributed by atoms with E-state index in [0.717, 1.165) is 11.1 Å². The molecule has 1 heterocycles. The highest BCUT2D eigenvalue weighted by atomic mass is 32.2. The van der Waals surface area contributed by atoms with Crippen molar-refractivity contribution in [2.45, 2.75) is 24.0 Å². The van der Waals surface area contributed by atoms with Crippen LogP contribution in [0.4, 0.5) is 18.9 Å². The van der Waals surface area contributed by atoms with Gasteiger partial charge in [0.2, 0.25) is 10.0 Å². The molecule has 1 amide bonds. The van der Waals surface area contributed by atoms with Gasteiger partial charge in [-0.05, 0) is 47.9 Å². The lowest BCUT2D eigenvalue weighted by Crippen LogP contribution is -2.36. The van der Waals surface area contributed by atoms with Gasteiger partial charge in [-0.15, -0.1) is 0 Å². The monoisotopic (exact) mass is 490 g/mol. The van der Waals surface area contributed by atoms with E-state index in [0.29, 0.717) is 13.0 Å². The van der Waals surface area contributed by atoms with Crippen molar-refractivity contribution < 1.29 is 31.1 Å². The van der Waals surface area contributed by atoms with Crippen LogP contribution in [0.1, 0.15) is 21.5 Å². The summed E-state index contributed by atoms with van der Waals surface area (Å²) in [4.78, 5) is 12.7. The molecule has 0 atom stereocenters. The van der Waals surface area contributed by atoms with E-state index >= 15 is 0 Å². The van der Waals surface area contributed by atoms with Crippen LogP contribution in [-0.2, 0) is 23.0 Å². The molecule has 3 aromatic rings. The van der Waals surface area contributed by atoms with E-state index in [-0.39, 0.29) is 28.4 Å². The molecule has 178 valence electrons. The van der Waals surface area contributed by atoms with E-state index in [1.807, 2.05) is 24.3 Å². The van der Waals surface area contributed by atoms with E-state index in [4.69, 9.17) is 4.74 Å². The molecule has 0 bridgehead atoms. The molecule has 6 nitrogen and oxygen atoms in total. The average molecular weight is 491 g/mol. The third-order valence-electron chi connectivity index (χ3n) is 5.36. The third-order valence-corrected chi connectivity index (χ3v) is 7.20. The van der Waals surface area contributed by atoms with Crippen LogP contribution >= 0.6 is 0 Å². The number of halogens is 3. The molecular formula is C24H21F3N2O4S. The van der Waals surface area contributed by atoms with Gasteiger partial charge in [0.05, 0.1) is 10.6 Å². The molecule has 0 spiro atoms. The topological polar surface area (TPSA) is 75.7 Å². The van der Waals surface area contributed by atoms with E-state index in [1.54, 1.807) is 0 Å². The summed E-state index contributed by atoms with van der Waals surface area (Å²) in [6.07, 6.45) is -3.95. The largest absolute Gasteiger partial charge is 0.482 e. The van der Waals surface area contributed by atoms with Gasteiger partial charge in [-0.25, -0.2) is 8.42 Å². The van der Waals surface area contributed by atoms with Crippen molar-refractivity contribution >= 4 is 21.6 Å². The highest BCUT2D eigenvalue weighted by molar-refractivity contribution is 7.89. The number of anilines is 1. The first-order valence-corrected chi connectivity index (χ1v) is 11.8. The Morgan fingerprint density at radius 2 is 1.68 bits per heavy atom. The van der Waals surface area contributed by atoms with Gasteiger partial charge < -0.3 is 10.1 Å². The molecule has 3 aromatic carbocycles. The van der Waals surface area contributed by atoms with Crippen molar-refractivity contribution in [3.05, 3.63) is 89.5 Å². The van der Waals surface area contributed by atoms with Gasteiger partial charge in [0.1, 0.15) is 5.75 Å². The maximum Gasteiger partial charge on any atom is 0.422 e. The molecule has 10 heteroatoms. The molecule has 4 rings (SSSR count). The minimum absolute atomic E-state index is 0.0395. The molecule has 0 saturated carbocycles. The number of hydrogen-bond acceptors (Lipinski definition) is 4. The molecule has 34 heavy (non-hydrogen) atoms. The average Bonchev–Trinajstić information content (AvgIpc) is 2.82. The number of fused-ring (bicyclic) bond motifs is 1. The number of para-hydroxylation sites is 2. The Bertz CT molecular complexity index is 1310. The zero-order chi connectivity index (χ0) is 24.3. The number of amides is 1. The summed E-state index contributed by atoms with van der Waals surface area (Å²) in [5.74, 6) is -0.826. The van der Waals surface area contributed by atoms with Crippen molar-refractivity contribution in [2.24, 2.45) is 0 Å². The number of alkyl halides is 3. The number of carbonyl (C=O) groups excluding carboxylic acids is 1. The van der Waals surface area contributed by atoms with Crippen molar-refractivity contribution in [1.82, 2.24) is 4.31 Å². The minimum atomic E-state index is -4.53. The second kappa shape index (κ2) is 9.47. The number of sulfonamides is 1. The number of nitrogens with one attached hydrogen (secondary N) is 1. The first kappa shape index (κ1) is 23.8. The molecule has 0 aromatic heterocycles. The Labute approximate surface area is 195 Å². The fraction of sp³-hybridized carbons (Fsp3) is 0.208. The summed E-state index contributed by atoms with van der Waals surface area (Å²) in [6.45, 7) is -0.953. The minimum Gasteiger partial charge on any atom is -0.482 e. The molecule has 1 aliphatic heterocycles. The second-order valence-electron chi connectivity index (χ2n) is 7.74. The first-order chi connectivity index (χ1) is 16.1. The van der Waals surface area contributed by atoms with Crippen LogP contribution in [0.2, 0.25) is 0 Å². The molecule has 0 aliphatic carbocycles. The Hall–Kier alpha value is -3.37. The summed E-state index contributed by atoms with van der Waals surface area (Å²) < 4.78 is 70.2. The first-order valence-electron chi connectivity index (χ1n) is 10.4. The highest BCUT2D eigenvalue weighted by Gasteiger charge is 2.30. The van der Waals surface area contributed by atoms with Crippen molar-refractivity contribution in [3.63, 3.8) is 0 Å². The van der Waals surface area contributed by atoms with Crippen LogP contribution in [0.25, 0.3) is 0 Å². The third kappa shape index (κ3) is 5.40. The molecule has 1 aliphatic rings. The Morgan fingerprint density at radius 1 is 0.971 bits per heavy atom. The van der Waals surface area contributed by atoms with E-state index in [9.17, 15) is 26.4 Å². The van der Waals surface area contributed by atoms with Gasteiger partial charge in [0.25, 0.3) is 5.91 Å².